The highest BCUT2D eigenvalue weighted by Crippen LogP contribution is 2.30. The number of hydrogen-bond acceptors (Lipinski definition) is 4. The third-order valence-electron chi connectivity index (χ3n) is 4.16. The van der Waals surface area contributed by atoms with E-state index in [0.29, 0.717) is 17.6 Å². The van der Waals surface area contributed by atoms with E-state index in [-0.39, 0.29) is 5.97 Å². The van der Waals surface area contributed by atoms with Crippen molar-refractivity contribution in [2.24, 2.45) is 5.92 Å². The molecule has 4 nitrogen and oxygen atoms in total. The van der Waals surface area contributed by atoms with Crippen LogP contribution in [0.1, 0.15) is 23.2 Å². The van der Waals surface area contributed by atoms with E-state index < -0.39 is 0 Å². The average Bonchev–Trinajstić information content (AvgIpc) is 2.48. The van der Waals surface area contributed by atoms with Gasteiger partial charge >= 0.3 is 5.97 Å². The van der Waals surface area contributed by atoms with Crippen LogP contribution in [0.25, 0.3) is 0 Å². The van der Waals surface area contributed by atoms with E-state index in [1.807, 2.05) is 12.1 Å². The summed E-state index contributed by atoms with van der Waals surface area (Å²) < 4.78 is 10.7. The molecule has 0 aliphatic carbocycles. The number of hydrogen-bond donors (Lipinski definition) is 0. The fourth-order valence-corrected chi connectivity index (χ4v) is 3.01. The van der Waals surface area contributed by atoms with Crippen LogP contribution in [0.15, 0.2) is 24.3 Å². The molecule has 3 fully saturated rings. The number of fused-ring (bicyclic) bond motifs is 3. The molecule has 3 saturated heterocycles. The Hall–Kier alpha value is -1.55. The van der Waals surface area contributed by atoms with Crippen molar-refractivity contribution in [2.45, 2.75) is 18.9 Å². The van der Waals surface area contributed by atoms with Crippen molar-refractivity contribution in [1.82, 2.24) is 4.90 Å². The third kappa shape index (κ3) is 2.59. The van der Waals surface area contributed by atoms with Crippen LogP contribution in [0.2, 0.25) is 0 Å². The van der Waals surface area contributed by atoms with Gasteiger partial charge in [-0.25, -0.2) is 4.79 Å². The van der Waals surface area contributed by atoms with Crippen LogP contribution in [0, 0.1) is 5.92 Å². The molecule has 1 unspecified atom stereocenters. The van der Waals surface area contributed by atoms with Gasteiger partial charge in [-0.2, -0.15) is 0 Å². The molecule has 0 aromatic heterocycles. The molecular formula is C15H19NO3. The smallest absolute Gasteiger partial charge is 0.337 e. The zero-order valence-corrected chi connectivity index (χ0v) is 11.2. The summed E-state index contributed by atoms with van der Waals surface area (Å²) in [6.07, 6.45) is 2.78. The monoisotopic (exact) mass is 261 g/mol. The van der Waals surface area contributed by atoms with Gasteiger partial charge in [0.15, 0.2) is 0 Å². The highest BCUT2D eigenvalue weighted by atomic mass is 16.5. The first-order valence-electron chi connectivity index (χ1n) is 6.83. The number of nitrogens with zero attached hydrogens (tertiary/aromatic N) is 1. The van der Waals surface area contributed by atoms with Crippen LogP contribution in [0.5, 0.6) is 5.75 Å². The summed E-state index contributed by atoms with van der Waals surface area (Å²) in [5.41, 5.74) is 0.559. The lowest BCUT2D eigenvalue weighted by Crippen LogP contribution is -2.52. The topological polar surface area (TPSA) is 38.8 Å². The molecule has 1 aromatic rings. The third-order valence-corrected chi connectivity index (χ3v) is 4.16. The molecule has 4 rings (SSSR count). The van der Waals surface area contributed by atoms with E-state index in [0.717, 1.165) is 12.3 Å². The molecule has 0 amide bonds. The van der Waals surface area contributed by atoms with Crippen LogP contribution in [-0.2, 0) is 4.74 Å². The first-order chi connectivity index (χ1) is 9.26. The van der Waals surface area contributed by atoms with Crippen LogP contribution >= 0.6 is 0 Å². The maximum Gasteiger partial charge on any atom is 0.337 e. The Balaban J connectivity index is 1.65. The summed E-state index contributed by atoms with van der Waals surface area (Å²) in [7, 11) is 1.39. The number of carbonyl (C=O) groups excluding carboxylic acids is 1. The van der Waals surface area contributed by atoms with E-state index >= 15 is 0 Å². The minimum atomic E-state index is -0.311. The number of methoxy groups -OCH3 is 1. The molecule has 0 spiro atoms. The van der Waals surface area contributed by atoms with Gasteiger partial charge < -0.3 is 9.47 Å². The fraction of sp³-hybridized carbons (Fsp3) is 0.533. The van der Waals surface area contributed by atoms with Gasteiger partial charge in [0, 0.05) is 6.54 Å². The number of benzene rings is 1. The van der Waals surface area contributed by atoms with Crippen LogP contribution < -0.4 is 4.74 Å². The molecular weight excluding hydrogens is 242 g/mol. The summed E-state index contributed by atoms with van der Waals surface area (Å²) in [6.45, 7) is 3.46. The molecule has 2 bridgehead atoms. The number of esters is 1. The maximum absolute atomic E-state index is 11.3. The molecule has 102 valence electrons. The van der Waals surface area contributed by atoms with Crippen molar-refractivity contribution >= 4 is 5.97 Å². The van der Waals surface area contributed by atoms with Gasteiger partial charge in [0.05, 0.1) is 12.7 Å². The van der Waals surface area contributed by atoms with Crippen molar-refractivity contribution in [2.75, 3.05) is 26.7 Å². The van der Waals surface area contributed by atoms with E-state index in [4.69, 9.17) is 4.74 Å². The number of carbonyl (C=O) groups is 1. The predicted molar refractivity (Wildman–Crippen MR) is 71.4 cm³/mol. The number of rotatable bonds is 3. The molecule has 3 aliphatic heterocycles. The Morgan fingerprint density at radius 3 is 2.42 bits per heavy atom. The summed E-state index contributed by atoms with van der Waals surface area (Å²) >= 11 is 0. The Morgan fingerprint density at radius 1 is 1.21 bits per heavy atom. The second-order valence-electron chi connectivity index (χ2n) is 5.31. The summed E-state index contributed by atoms with van der Waals surface area (Å²) in [6, 6.07) is 7.21. The lowest BCUT2D eigenvalue weighted by molar-refractivity contribution is -0.00776. The lowest BCUT2D eigenvalue weighted by atomic mass is 9.86. The summed E-state index contributed by atoms with van der Waals surface area (Å²) in [5.74, 6) is 1.21. The van der Waals surface area contributed by atoms with Crippen molar-refractivity contribution < 1.29 is 14.3 Å². The summed E-state index contributed by atoms with van der Waals surface area (Å²) in [4.78, 5) is 13.8. The fourth-order valence-electron chi connectivity index (χ4n) is 3.01. The van der Waals surface area contributed by atoms with Gasteiger partial charge in [-0.05, 0) is 56.1 Å². The Labute approximate surface area is 113 Å². The van der Waals surface area contributed by atoms with Crippen LogP contribution in [0.3, 0.4) is 0 Å². The van der Waals surface area contributed by atoms with Gasteiger partial charge in [-0.3, -0.25) is 4.90 Å². The SMILES string of the molecule is COC(=O)c1ccc(OC2CN3CCC2CC3)cc1. The van der Waals surface area contributed by atoms with E-state index in [1.54, 1.807) is 12.1 Å². The molecule has 3 heterocycles. The van der Waals surface area contributed by atoms with Gasteiger partial charge in [-0.1, -0.05) is 0 Å². The minimum Gasteiger partial charge on any atom is -0.489 e. The van der Waals surface area contributed by atoms with Crippen molar-refractivity contribution in [3.05, 3.63) is 29.8 Å². The van der Waals surface area contributed by atoms with Gasteiger partial charge in [0.25, 0.3) is 0 Å². The highest BCUT2D eigenvalue weighted by Gasteiger charge is 2.35. The second-order valence-corrected chi connectivity index (χ2v) is 5.31. The number of ether oxygens (including phenoxy) is 2. The van der Waals surface area contributed by atoms with E-state index in [9.17, 15) is 4.79 Å². The zero-order valence-electron chi connectivity index (χ0n) is 11.2. The maximum atomic E-state index is 11.3. The molecule has 0 radical (unpaired) electrons. The van der Waals surface area contributed by atoms with E-state index in [1.165, 1.54) is 33.0 Å². The normalized spacial score (nSPS) is 29.0. The molecule has 0 saturated carbocycles. The van der Waals surface area contributed by atoms with Crippen LogP contribution in [0.4, 0.5) is 0 Å². The van der Waals surface area contributed by atoms with Crippen LogP contribution in [-0.4, -0.2) is 43.7 Å². The van der Waals surface area contributed by atoms with Gasteiger partial charge in [0.1, 0.15) is 11.9 Å². The van der Waals surface area contributed by atoms with Gasteiger partial charge in [0.2, 0.25) is 0 Å². The lowest BCUT2D eigenvalue weighted by Gasteiger charge is -2.44. The molecule has 1 atom stereocenters. The quantitative estimate of drug-likeness (QED) is 0.780. The van der Waals surface area contributed by atoms with Crippen molar-refractivity contribution in [3.8, 4) is 5.75 Å². The van der Waals surface area contributed by atoms with E-state index in [2.05, 4.69) is 9.64 Å². The zero-order chi connectivity index (χ0) is 13.2. The standard InChI is InChI=1S/C15H19NO3/c1-18-15(17)12-2-4-13(5-3-12)19-14-10-16-8-6-11(14)7-9-16/h2-5,11,14H,6-10H2,1H3. The largest absolute Gasteiger partial charge is 0.489 e. The predicted octanol–water partition coefficient (Wildman–Crippen LogP) is 1.95. The first kappa shape index (κ1) is 12.5. The highest BCUT2D eigenvalue weighted by molar-refractivity contribution is 5.89. The Kier molecular flexibility index (Phi) is 3.42. The first-order valence-corrected chi connectivity index (χ1v) is 6.83. The summed E-state index contributed by atoms with van der Waals surface area (Å²) in [5, 5.41) is 0. The molecule has 1 aromatic carbocycles. The molecule has 19 heavy (non-hydrogen) atoms. The molecule has 3 aliphatic rings. The average molecular weight is 261 g/mol. The minimum absolute atomic E-state index is 0.298. The van der Waals surface area contributed by atoms with Crippen molar-refractivity contribution in [3.63, 3.8) is 0 Å². The second kappa shape index (κ2) is 5.21. The molecule has 0 N–H and O–H groups in total. The number of piperidine rings is 3. The van der Waals surface area contributed by atoms with Crippen molar-refractivity contribution in [1.29, 1.82) is 0 Å². The Bertz CT molecular complexity index is 449. The Morgan fingerprint density at radius 2 is 1.89 bits per heavy atom. The molecule has 4 heteroatoms. The van der Waals surface area contributed by atoms with Gasteiger partial charge in [-0.15, -0.1) is 0 Å².